The number of carbonyl (C=O) groups excluding carboxylic acids is 1. The van der Waals surface area contributed by atoms with Crippen LogP contribution in [0, 0.1) is 0 Å². The molecule has 176 valence electrons. The quantitative estimate of drug-likeness (QED) is 0.419. The van der Waals surface area contributed by atoms with Crippen molar-refractivity contribution >= 4 is 35.6 Å². The van der Waals surface area contributed by atoms with Gasteiger partial charge in [-0.25, -0.2) is 0 Å². The number of amides is 1. The Morgan fingerprint density at radius 1 is 0.939 bits per heavy atom. The smallest absolute Gasteiger partial charge is 0.259 e. The summed E-state index contributed by atoms with van der Waals surface area (Å²) in [6, 6.07) is 15.9. The van der Waals surface area contributed by atoms with E-state index in [1.54, 1.807) is 30.3 Å². The van der Waals surface area contributed by atoms with Crippen LogP contribution in [-0.4, -0.2) is 33.8 Å². The lowest BCUT2D eigenvalue weighted by Gasteiger charge is -2.19. The van der Waals surface area contributed by atoms with Gasteiger partial charge in [0.1, 0.15) is 5.75 Å². The summed E-state index contributed by atoms with van der Waals surface area (Å²) in [6.45, 7) is 0.564. The summed E-state index contributed by atoms with van der Waals surface area (Å²) in [5.74, 6) is 1.20. The maximum absolute atomic E-state index is 13.1. The summed E-state index contributed by atoms with van der Waals surface area (Å²) >= 11 is 6.03. The Labute approximate surface area is 204 Å². The highest BCUT2D eigenvalue weighted by Gasteiger charge is 2.26. The second-order valence-corrected chi connectivity index (χ2v) is 7.21. The summed E-state index contributed by atoms with van der Waals surface area (Å²) in [5.41, 5.74) is 7.45. The zero-order valence-corrected chi connectivity index (χ0v) is 20.1. The Kier molecular flexibility index (Phi) is 9.66. The number of carbonyl (C=O) groups is 1. The fourth-order valence-electron chi connectivity index (χ4n) is 3.21. The van der Waals surface area contributed by atoms with Gasteiger partial charge in [-0.1, -0.05) is 29.8 Å². The van der Waals surface area contributed by atoms with E-state index in [1.807, 2.05) is 24.3 Å². The Hall–Kier alpha value is -3.13. The standard InChI is InChI=1S/C24H25ClN2O5.ClH/c1-29-21-19(24(28)27-17-6-4-5-16(25)13-17)14-20(22(30-2)23(21)31-3)32-18-9-7-15(8-10-18)11-12-26;/h4-10,13-14H,11-12,26H2,1-3H3,(H,27,28);1H. The van der Waals surface area contributed by atoms with E-state index in [-0.39, 0.29) is 29.5 Å². The van der Waals surface area contributed by atoms with E-state index in [2.05, 4.69) is 5.32 Å². The predicted octanol–water partition coefficient (Wildman–Crippen LogP) is 5.33. The summed E-state index contributed by atoms with van der Waals surface area (Å²) in [5, 5.41) is 3.31. The zero-order valence-electron chi connectivity index (χ0n) is 18.5. The van der Waals surface area contributed by atoms with Crippen molar-refractivity contribution in [2.45, 2.75) is 6.42 Å². The summed E-state index contributed by atoms with van der Waals surface area (Å²) in [7, 11) is 4.40. The first-order valence-corrected chi connectivity index (χ1v) is 10.2. The molecule has 3 rings (SSSR count). The van der Waals surface area contributed by atoms with E-state index < -0.39 is 5.91 Å². The average molecular weight is 493 g/mol. The van der Waals surface area contributed by atoms with E-state index >= 15 is 0 Å². The van der Waals surface area contributed by atoms with Crippen LogP contribution in [0.5, 0.6) is 28.7 Å². The SMILES string of the molecule is COc1c(Oc2ccc(CCN)cc2)cc(C(=O)Nc2cccc(Cl)c2)c(OC)c1OC.Cl. The van der Waals surface area contributed by atoms with Crippen LogP contribution in [0.1, 0.15) is 15.9 Å². The maximum Gasteiger partial charge on any atom is 0.259 e. The number of nitrogens with two attached hydrogens (primary N) is 1. The van der Waals surface area contributed by atoms with Gasteiger partial charge < -0.3 is 30.0 Å². The Morgan fingerprint density at radius 2 is 1.61 bits per heavy atom. The summed E-state index contributed by atoms with van der Waals surface area (Å²) < 4.78 is 22.5. The van der Waals surface area contributed by atoms with Crippen LogP contribution in [0.25, 0.3) is 0 Å². The first kappa shape index (κ1) is 26.1. The molecule has 0 spiro atoms. The molecule has 1 amide bonds. The molecule has 33 heavy (non-hydrogen) atoms. The Morgan fingerprint density at radius 3 is 2.18 bits per heavy atom. The Balaban J connectivity index is 0.00000385. The van der Waals surface area contributed by atoms with Gasteiger partial charge in [-0.05, 0) is 48.9 Å². The molecular weight excluding hydrogens is 467 g/mol. The third-order valence-electron chi connectivity index (χ3n) is 4.68. The van der Waals surface area contributed by atoms with Crippen molar-refractivity contribution in [1.29, 1.82) is 0 Å². The number of nitrogens with one attached hydrogen (secondary N) is 1. The molecule has 3 aromatic rings. The molecule has 3 N–H and O–H groups in total. The molecule has 0 saturated heterocycles. The minimum absolute atomic E-state index is 0. The number of hydrogen-bond donors (Lipinski definition) is 2. The van der Waals surface area contributed by atoms with Crippen LogP contribution in [0.3, 0.4) is 0 Å². The minimum atomic E-state index is -0.423. The lowest BCUT2D eigenvalue weighted by Crippen LogP contribution is -2.14. The number of benzene rings is 3. The number of methoxy groups -OCH3 is 3. The number of rotatable bonds is 9. The molecule has 0 aliphatic heterocycles. The largest absolute Gasteiger partial charge is 0.492 e. The van der Waals surface area contributed by atoms with Crippen molar-refractivity contribution in [3.8, 4) is 28.7 Å². The molecule has 0 radical (unpaired) electrons. The second kappa shape index (κ2) is 12.2. The van der Waals surface area contributed by atoms with Crippen LogP contribution in [-0.2, 0) is 6.42 Å². The van der Waals surface area contributed by atoms with Crippen LogP contribution in [0.4, 0.5) is 5.69 Å². The van der Waals surface area contributed by atoms with Crippen LogP contribution < -0.4 is 30.0 Å². The molecule has 0 fully saturated rings. The highest BCUT2D eigenvalue weighted by atomic mass is 35.5. The molecule has 9 heteroatoms. The number of anilines is 1. The first-order chi connectivity index (χ1) is 15.5. The van der Waals surface area contributed by atoms with Gasteiger partial charge in [-0.3, -0.25) is 4.79 Å². The molecule has 0 heterocycles. The van der Waals surface area contributed by atoms with E-state index in [0.717, 1.165) is 12.0 Å². The zero-order chi connectivity index (χ0) is 23.1. The van der Waals surface area contributed by atoms with Gasteiger partial charge in [-0.2, -0.15) is 0 Å². The highest BCUT2D eigenvalue weighted by Crippen LogP contribution is 2.48. The lowest BCUT2D eigenvalue weighted by molar-refractivity contribution is 0.102. The topological polar surface area (TPSA) is 92.0 Å². The van der Waals surface area contributed by atoms with Crippen LogP contribution >= 0.6 is 24.0 Å². The van der Waals surface area contributed by atoms with E-state index in [4.69, 9.17) is 36.3 Å². The molecule has 0 aromatic heterocycles. The van der Waals surface area contributed by atoms with Crippen molar-refractivity contribution in [2.75, 3.05) is 33.2 Å². The molecular formula is C24H26Cl2N2O5. The number of hydrogen-bond acceptors (Lipinski definition) is 6. The van der Waals surface area contributed by atoms with Crippen molar-refractivity contribution in [3.05, 3.63) is 70.7 Å². The van der Waals surface area contributed by atoms with Crippen molar-refractivity contribution in [1.82, 2.24) is 0 Å². The fourth-order valence-corrected chi connectivity index (χ4v) is 3.40. The normalized spacial score (nSPS) is 10.1. The van der Waals surface area contributed by atoms with Gasteiger partial charge in [0.15, 0.2) is 11.5 Å². The first-order valence-electron chi connectivity index (χ1n) is 9.87. The van der Waals surface area contributed by atoms with Gasteiger partial charge in [0, 0.05) is 16.8 Å². The monoisotopic (exact) mass is 492 g/mol. The predicted molar refractivity (Wildman–Crippen MR) is 132 cm³/mol. The second-order valence-electron chi connectivity index (χ2n) is 6.77. The molecule has 0 saturated carbocycles. The van der Waals surface area contributed by atoms with Crippen LogP contribution in [0.15, 0.2) is 54.6 Å². The average Bonchev–Trinajstić information content (AvgIpc) is 2.79. The van der Waals surface area contributed by atoms with Crippen molar-refractivity contribution in [2.24, 2.45) is 5.73 Å². The molecule has 7 nitrogen and oxygen atoms in total. The molecule has 0 bridgehead atoms. The fraction of sp³-hybridized carbons (Fsp3) is 0.208. The highest BCUT2D eigenvalue weighted by molar-refractivity contribution is 6.31. The van der Waals surface area contributed by atoms with E-state index in [9.17, 15) is 4.79 Å². The van der Waals surface area contributed by atoms with Crippen molar-refractivity contribution < 1.29 is 23.7 Å². The van der Waals surface area contributed by atoms with Gasteiger partial charge in [0.05, 0.1) is 26.9 Å². The van der Waals surface area contributed by atoms with Gasteiger partial charge in [0.2, 0.25) is 11.5 Å². The van der Waals surface area contributed by atoms with Crippen LogP contribution in [0.2, 0.25) is 5.02 Å². The molecule has 0 atom stereocenters. The van der Waals surface area contributed by atoms with Crippen molar-refractivity contribution in [3.63, 3.8) is 0 Å². The molecule has 3 aromatic carbocycles. The van der Waals surface area contributed by atoms with Gasteiger partial charge in [-0.15, -0.1) is 12.4 Å². The molecule has 0 unspecified atom stereocenters. The molecule has 0 aliphatic rings. The summed E-state index contributed by atoms with van der Waals surface area (Å²) in [6.07, 6.45) is 0.772. The maximum atomic E-state index is 13.1. The van der Waals surface area contributed by atoms with E-state index in [1.165, 1.54) is 21.3 Å². The minimum Gasteiger partial charge on any atom is -0.492 e. The van der Waals surface area contributed by atoms with Gasteiger partial charge in [0.25, 0.3) is 5.91 Å². The van der Waals surface area contributed by atoms with Gasteiger partial charge >= 0.3 is 0 Å². The number of halogens is 2. The summed E-state index contributed by atoms with van der Waals surface area (Å²) in [4.78, 5) is 13.1. The lowest BCUT2D eigenvalue weighted by atomic mass is 10.1. The third kappa shape index (κ3) is 6.22. The number of ether oxygens (including phenoxy) is 4. The van der Waals surface area contributed by atoms with E-state index in [0.29, 0.717) is 34.5 Å². The Bertz CT molecular complexity index is 1090. The molecule has 0 aliphatic carbocycles. The third-order valence-corrected chi connectivity index (χ3v) is 4.92.